The van der Waals surface area contributed by atoms with Gasteiger partial charge < -0.3 is 14.4 Å². The monoisotopic (exact) mass is 306 g/mol. The molecular formula is C15H15FN2O4. The second-order valence-corrected chi connectivity index (χ2v) is 4.83. The van der Waals surface area contributed by atoms with Gasteiger partial charge in [0.1, 0.15) is 12.4 Å². The van der Waals surface area contributed by atoms with Crippen LogP contribution >= 0.6 is 0 Å². The molecule has 1 aromatic carbocycles. The van der Waals surface area contributed by atoms with Gasteiger partial charge in [-0.2, -0.15) is 0 Å². The van der Waals surface area contributed by atoms with Crippen molar-refractivity contribution in [3.8, 4) is 0 Å². The molecule has 116 valence electrons. The number of carbonyl (C=O) groups is 2. The number of benzene rings is 1. The van der Waals surface area contributed by atoms with Crippen LogP contribution in [0.4, 0.5) is 4.39 Å². The van der Waals surface area contributed by atoms with Gasteiger partial charge in [-0.25, -0.2) is 9.37 Å². The molecular weight excluding hydrogens is 291 g/mol. The Morgan fingerprint density at radius 3 is 2.41 bits per heavy atom. The number of carbonyl (C=O) groups excluding carboxylic acids is 1. The minimum Gasteiger partial charge on any atom is -0.480 e. The lowest BCUT2D eigenvalue weighted by molar-refractivity contribution is -0.137. The van der Waals surface area contributed by atoms with Crippen molar-refractivity contribution in [2.24, 2.45) is 0 Å². The van der Waals surface area contributed by atoms with Crippen molar-refractivity contribution < 1.29 is 23.5 Å². The summed E-state index contributed by atoms with van der Waals surface area (Å²) in [4.78, 5) is 28.5. The summed E-state index contributed by atoms with van der Waals surface area (Å²) in [6, 6.07) is 5.50. The van der Waals surface area contributed by atoms with Crippen molar-refractivity contribution in [1.82, 2.24) is 9.88 Å². The zero-order chi connectivity index (χ0) is 16.3. The van der Waals surface area contributed by atoms with E-state index in [4.69, 9.17) is 9.52 Å². The molecule has 6 nitrogen and oxygen atoms in total. The summed E-state index contributed by atoms with van der Waals surface area (Å²) in [5.74, 6) is -1.77. The number of carboxylic acids is 1. The fourth-order valence-electron chi connectivity index (χ4n) is 2.05. The van der Waals surface area contributed by atoms with E-state index in [0.29, 0.717) is 17.1 Å². The summed E-state index contributed by atoms with van der Waals surface area (Å²) in [5.41, 5.74) is 1.02. The second kappa shape index (κ2) is 6.38. The summed E-state index contributed by atoms with van der Waals surface area (Å²) < 4.78 is 18.2. The topological polar surface area (TPSA) is 83.6 Å². The molecule has 0 fully saturated rings. The van der Waals surface area contributed by atoms with Gasteiger partial charge in [-0.1, -0.05) is 12.1 Å². The van der Waals surface area contributed by atoms with Crippen LogP contribution in [0.1, 0.15) is 27.7 Å². The van der Waals surface area contributed by atoms with E-state index in [1.807, 2.05) is 0 Å². The Morgan fingerprint density at radius 1 is 1.27 bits per heavy atom. The van der Waals surface area contributed by atoms with E-state index in [9.17, 15) is 14.0 Å². The molecule has 0 saturated heterocycles. The summed E-state index contributed by atoms with van der Waals surface area (Å²) >= 11 is 0. The van der Waals surface area contributed by atoms with Crippen molar-refractivity contribution in [2.75, 3.05) is 6.54 Å². The van der Waals surface area contributed by atoms with Gasteiger partial charge in [-0.15, -0.1) is 0 Å². The van der Waals surface area contributed by atoms with Gasteiger partial charge >= 0.3 is 5.97 Å². The third-order valence-electron chi connectivity index (χ3n) is 3.00. The molecule has 0 unspecified atom stereocenters. The lowest BCUT2D eigenvalue weighted by Crippen LogP contribution is -2.35. The molecule has 22 heavy (non-hydrogen) atoms. The van der Waals surface area contributed by atoms with Crippen LogP contribution in [0.5, 0.6) is 0 Å². The van der Waals surface area contributed by atoms with Crippen LogP contribution in [0.3, 0.4) is 0 Å². The number of carboxylic acid groups (broad SMARTS) is 1. The first kappa shape index (κ1) is 15.7. The number of aliphatic carboxylic acids is 1. The maximum Gasteiger partial charge on any atom is 0.323 e. The maximum atomic E-state index is 12.9. The number of aromatic nitrogens is 1. The molecule has 0 aliphatic heterocycles. The molecule has 0 aliphatic carbocycles. The quantitative estimate of drug-likeness (QED) is 0.915. The first-order chi connectivity index (χ1) is 10.4. The van der Waals surface area contributed by atoms with E-state index in [2.05, 4.69) is 4.98 Å². The Bertz CT molecular complexity index is 694. The average Bonchev–Trinajstić information content (AvgIpc) is 2.78. The van der Waals surface area contributed by atoms with Crippen LogP contribution < -0.4 is 0 Å². The minimum atomic E-state index is -1.15. The third kappa shape index (κ3) is 3.69. The summed E-state index contributed by atoms with van der Waals surface area (Å²) in [6.07, 6.45) is 0. The number of rotatable bonds is 5. The Labute approximate surface area is 126 Å². The first-order valence-corrected chi connectivity index (χ1v) is 6.56. The van der Waals surface area contributed by atoms with E-state index < -0.39 is 24.2 Å². The Morgan fingerprint density at radius 2 is 1.91 bits per heavy atom. The largest absolute Gasteiger partial charge is 0.480 e. The smallest absolute Gasteiger partial charge is 0.323 e. The number of oxazole rings is 1. The standard InChI is InChI=1S/C15H15FN2O4/c1-9-14(22-10(2)17-9)15(21)18(8-13(19)20)7-11-3-5-12(16)6-4-11/h3-6H,7-8H2,1-2H3,(H,19,20). The van der Waals surface area contributed by atoms with Gasteiger partial charge in [0.25, 0.3) is 5.91 Å². The Kier molecular flexibility index (Phi) is 4.55. The van der Waals surface area contributed by atoms with Gasteiger partial charge in [0.2, 0.25) is 5.76 Å². The number of nitrogens with zero attached hydrogens (tertiary/aromatic N) is 2. The zero-order valence-corrected chi connectivity index (χ0v) is 12.2. The predicted molar refractivity (Wildman–Crippen MR) is 74.8 cm³/mol. The first-order valence-electron chi connectivity index (χ1n) is 6.56. The lowest BCUT2D eigenvalue weighted by atomic mass is 10.2. The molecule has 0 bridgehead atoms. The molecule has 7 heteroatoms. The average molecular weight is 306 g/mol. The van der Waals surface area contributed by atoms with Crippen LogP contribution in [0.15, 0.2) is 28.7 Å². The third-order valence-corrected chi connectivity index (χ3v) is 3.00. The number of halogens is 1. The predicted octanol–water partition coefficient (Wildman–Crippen LogP) is 2.16. The highest BCUT2D eigenvalue weighted by molar-refractivity contribution is 5.94. The molecule has 0 spiro atoms. The van der Waals surface area contributed by atoms with E-state index in [0.717, 1.165) is 4.90 Å². The molecule has 2 aromatic rings. The van der Waals surface area contributed by atoms with E-state index in [1.54, 1.807) is 13.8 Å². The highest BCUT2D eigenvalue weighted by Gasteiger charge is 2.24. The lowest BCUT2D eigenvalue weighted by Gasteiger charge is -2.19. The number of hydrogen-bond donors (Lipinski definition) is 1. The van der Waals surface area contributed by atoms with Gasteiger partial charge in [0, 0.05) is 13.5 Å². The van der Waals surface area contributed by atoms with Crippen molar-refractivity contribution in [3.63, 3.8) is 0 Å². The molecule has 0 radical (unpaired) electrons. The van der Waals surface area contributed by atoms with Crippen molar-refractivity contribution in [3.05, 3.63) is 53.0 Å². The molecule has 0 aliphatic rings. The molecule has 0 atom stereocenters. The number of amides is 1. The highest BCUT2D eigenvalue weighted by atomic mass is 19.1. The normalized spacial score (nSPS) is 10.5. The second-order valence-electron chi connectivity index (χ2n) is 4.83. The van der Waals surface area contributed by atoms with Crippen LogP contribution in [-0.4, -0.2) is 33.4 Å². The maximum absolute atomic E-state index is 12.9. The van der Waals surface area contributed by atoms with Crippen molar-refractivity contribution in [1.29, 1.82) is 0 Å². The molecule has 1 heterocycles. The highest BCUT2D eigenvalue weighted by Crippen LogP contribution is 2.15. The van der Waals surface area contributed by atoms with Crippen LogP contribution in [0.25, 0.3) is 0 Å². The summed E-state index contributed by atoms with van der Waals surface area (Å²) in [6.45, 7) is 2.76. The Balaban J connectivity index is 2.25. The number of aryl methyl sites for hydroxylation is 2. The molecule has 2 rings (SSSR count). The Hall–Kier alpha value is -2.70. The fraction of sp³-hybridized carbons (Fsp3) is 0.267. The summed E-state index contributed by atoms with van der Waals surface area (Å²) in [5, 5.41) is 8.98. The van der Waals surface area contributed by atoms with E-state index >= 15 is 0 Å². The van der Waals surface area contributed by atoms with Gasteiger partial charge in [0.05, 0.1) is 5.69 Å². The summed E-state index contributed by atoms with van der Waals surface area (Å²) in [7, 11) is 0. The fourth-order valence-corrected chi connectivity index (χ4v) is 2.05. The van der Waals surface area contributed by atoms with Crippen LogP contribution in [0, 0.1) is 19.7 Å². The van der Waals surface area contributed by atoms with Gasteiger partial charge in [0.15, 0.2) is 5.89 Å². The van der Waals surface area contributed by atoms with Crippen LogP contribution in [0.2, 0.25) is 0 Å². The molecule has 0 saturated carbocycles. The van der Waals surface area contributed by atoms with Gasteiger partial charge in [-0.05, 0) is 24.6 Å². The van der Waals surface area contributed by atoms with E-state index in [1.165, 1.54) is 24.3 Å². The van der Waals surface area contributed by atoms with Gasteiger partial charge in [-0.3, -0.25) is 9.59 Å². The van der Waals surface area contributed by atoms with Crippen molar-refractivity contribution >= 4 is 11.9 Å². The molecule has 1 N–H and O–H groups in total. The SMILES string of the molecule is Cc1nc(C)c(C(=O)N(CC(=O)O)Cc2ccc(F)cc2)o1. The van der Waals surface area contributed by atoms with Crippen molar-refractivity contribution in [2.45, 2.75) is 20.4 Å². The molecule has 1 aromatic heterocycles. The number of hydrogen-bond acceptors (Lipinski definition) is 4. The molecule has 1 amide bonds. The zero-order valence-electron chi connectivity index (χ0n) is 12.2. The minimum absolute atomic E-state index is 0.0147. The van der Waals surface area contributed by atoms with E-state index in [-0.39, 0.29) is 12.3 Å². The van der Waals surface area contributed by atoms with Crippen LogP contribution in [-0.2, 0) is 11.3 Å².